The van der Waals surface area contributed by atoms with Crippen molar-refractivity contribution < 1.29 is 19.4 Å². The quantitative estimate of drug-likeness (QED) is 0.469. The third kappa shape index (κ3) is 4.95. The Morgan fingerprint density at radius 2 is 2.19 bits per heavy atom. The number of hydrogen-bond acceptors (Lipinski definition) is 6. The summed E-state index contributed by atoms with van der Waals surface area (Å²) in [7, 11) is 0. The molecule has 3 fully saturated rings. The van der Waals surface area contributed by atoms with Crippen LogP contribution in [0.15, 0.2) is 24.4 Å². The number of nitrogens with one attached hydrogen (secondary N) is 1. The number of aliphatic hydroxyl groups is 1. The zero-order valence-electron chi connectivity index (χ0n) is 22.1. The second kappa shape index (κ2) is 10.3. The molecule has 0 spiro atoms. The highest BCUT2D eigenvalue weighted by atomic mass is 32.1. The molecule has 2 aromatic rings. The molecular weight excluding hydrogens is 484 g/mol. The Morgan fingerprint density at radius 3 is 2.97 bits per heavy atom. The zero-order valence-corrected chi connectivity index (χ0v) is 22.9. The minimum absolute atomic E-state index is 0.0354. The number of carbonyl (C=O) groups is 1. The third-order valence-corrected chi connectivity index (χ3v) is 10.6. The summed E-state index contributed by atoms with van der Waals surface area (Å²) in [5.41, 5.74) is 2.85. The van der Waals surface area contributed by atoms with Gasteiger partial charge in [0.05, 0.1) is 12.7 Å². The van der Waals surface area contributed by atoms with Gasteiger partial charge in [0, 0.05) is 23.9 Å². The first-order valence-electron chi connectivity index (χ1n) is 14.2. The minimum atomic E-state index is -0.277. The van der Waals surface area contributed by atoms with Crippen molar-refractivity contribution >= 4 is 22.4 Å². The number of aryl methyl sites for hydroxylation is 2. The van der Waals surface area contributed by atoms with Crippen molar-refractivity contribution in [1.82, 2.24) is 4.98 Å². The molecular formula is C30H40N2O4S. The van der Waals surface area contributed by atoms with Crippen LogP contribution in [0, 0.1) is 30.1 Å². The average Bonchev–Trinajstić information content (AvgIpc) is 3.42. The Kier molecular flexibility index (Phi) is 7.06. The maximum Gasteiger partial charge on any atom is 0.226 e. The summed E-state index contributed by atoms with van der Waals surface area (Å²) in [4.78, 5) is 18.1. The molecule has 200 valence electrons. The van der Waals surface area contributed by atoms with Crippen LogP contribution < -0.4 is 10.1 Å². The molecule has 0 radical (unpaired) electrons. The van der Waals surface area contributed by atoms with Crippen LogP contribution in [-0.2, 0) is 16.0 Å². The lowest BCUT2D eigenvalue weighted by atomic mass is 9.53. The molecule has 1 saturated heterocycles. The van der Waals surface area contributed by atoms with Crippen molar-refractivity contribution in [2.75, 3.05) is 11.9 Å². The van der Waals surface area contributed by atoms with Crippen molar-refractivity contribution in [1.29, 1.82) is 0 Å². The highest BCUT2D eigenvalue weighted by Gasteiger charge is 2.58. The smallest absolute Gasteiger partial charge is 0.226 e. The molecule has 6 rings (SSSR count). The number of nitrogens with zero attached hydrogens (tertiary/aromatic N) is 1. The lowest BCUT2D eigenvalue weighted by Crippen LogP contribution is -2.45. The molecule has 3 aliphatic carbocycles. The summed E-state index contributed by atoms with van der Waals surface area (Å²) >= 11 is 1.51. The van der Waals surface area contributed by atoms with Gasteiger partial charge in [-0.05, 0) is 111 Å². The molecule has 4 unspecified atom stereocenters. The van der Waals surface area contributed by atoms with E-state index in [4.69, 9.17) is 9.47 Å². The van der Waals surface area contributed by atoms with Crippen LogP contribution >= 0.6 is 11.3 Å². The number of carbonyl (C=O) groups excluding carboxylic acids is 1. The lowest BCUT2D eigenvalue weighted by Gasteiger charge is -2.51. The molecule has 7 atom stereocenters. The summed E-state index contributed by atoms with van der Waals surface area (Å²) in [6, 6.07) is 6.69. The van der Waals surface area contributed by atoms with E-state index in [0.29, 0.717) is 35.2 Å². The van der Waals surface area contributed by atoms with Gasteiger partial charge in [-0.1, -0.05) is 13.0 Å². The second-order valence-electron chi connectivity index (χ2n) is 12.0. The van der Waals surface area contributed by atoms with Crippen molar-refractivity contribution in [2.45, 2.75) is 96.4 Å². The van der Waals surface area contributed by atoms with Gasteiger partial charge in [0.1, 0.15) is 5.75 Å². The summed E-state index contributed by atoms with van der Waals surface area (Å²) in [6.07, 6.45) is 11.2. The zero-order chi connectivity index (χ0) is 25.6. The maximum atomic E-state index is 12.7. The van der Waals surface area contributed by atoms with Gasteiger partial charge in [0.25, 0.3) is 0 Å². The number of benzene rings is 1. The van der Waals surface area contributed by atoms with Gasteiger partial charge in [-0.2, -0.15) is 0 Å². The first-order valence-corrected chi connectivity index (χ1v) is 15.0. The molecule has 2 heterocycles. The number of anilines is 1. The van der Waals surface area contributed by atoms with Gasteiger partial charge in [0.15, 0.2) is 11.4 Å². The summed E-state index contributed by atoms with van der Waals surface area (Å²) in [5.74, 6) is 2.89. The Morgan fingerprint density at radius 1 is 1.30 bits per heavy atom. The van der Waals surface area contributed by atoms with Gasteiger partial charge in [-0.25, -0.2) is 4.98 Å². The van der Waals surface area contributed by atoms with Gasteiger partial charge >= 0.3 is 0 Å². The summed E-state index contributed by atoms with van der Waals surface area (Å²) < 4.78 is 12.0. The van der Waals surface area contributed by atoms with E-state index in [1.54, 1.807) is 6.20 Å². The molecule has 2 saturated carbocycles. The number of hydrogen-bond donors (Lipinski definition) is 2. The number of aliphatic hydroxyl groups excluding tert-OH is 1. The summed E-state index contributed by atoms with van der Waals surface area (Å²) in [6.45, 7) is 5.10. The number of thiazole rings is 1. The Hall–Kier alpha value is -1.96. The highest BCUT2D eigenvalue weighted by Crippen LogP contribution is 2.63. The molecule has 2 N–H and O–H groups in total. The van der Waals surface area contributed by atoms with E-state index in [0.717, 1.165) is 68.6 Å². The van der Waals surface area contributed by atoms with Crippen LogP contribution in [0.25, 0.3) is 0 Å². The van der Waals surface area contributed by atoms with E-state index in [2.05, 4.69) is 35.4 Å². The average molecular weight is 525 g/mol. The predicted octanol–water partition coefficient (Wildman–Crippen LogP) is 6.22. The molecule has 37 heavy (non-hydrogen) atoms. The van der Waals surface area contributed by atoms with Crippen LogP contribution in [0.1, 0.15) is 86.6 Å². The monoisotopic (exact) mass is 524 g/mol. The molecule has 7 heteroatoms. The van der Waals surface area contributed by atoms with Crippen LogP contribution in [0.5, 0.6) is 5.75 Å². The normalized spacial score (nSPS) is 34.8. The van der Waals surface area contributed by atoms with E-state index in [1.165, 1.54) is 28.9 Å². The molecule has 6 nitrogen and oxygen atoms in total. The largest absolute Gasteiger partial charge is 0.465 e. The molecule has 1 aromatic carbocycles. The third-order valence-electron chi connectivity index (χ3n) is 9.80. The van der Waals surface area contributed by atoms with Gasteiger partial charge in [0.2, 0.25) is 5.91 Å². The van der Waals surface area contributed by atoms with Crippen LogP contribution in [0.2, 0.25) is 0 Å². The van der Waals surface area contributed by atoms with E-state index in [-0.39, 0.29) is 23.7 Å². The number of amides is 1. The van der Waals surface area contributed by atoms with Gasteiger partial charge < -0.3 is 19.9 Å². The highest BCUT2D eigenvalue weighted by molar-refractivity contribution is 7.15. The van der Waals surface area contributed by atoms with Gasteiger partial charge in [-0.15, -0.1) is 11.3 Å². The van der Waals surface area contributed by atoms with E-state index in [9.17, 15) is 9.90 Å². The Labute approximate surface area is 224 Å². The number of aromatic nitrogens is 1. The first-order chi connectivity index (χ1) is 17.9. The van der Waals surface area contributed by atoms with Crippen molar-refractivity contribution in [2.24, 2.45) is 23.2 Å². The molecule has 0 bridgehead atoms. The maximum absolute atomic E-state index is 12.7. The Balaban J connectivity index is 1.15. The SMILES string of the molecule is Cc1cnc(NC(=O)CC[C@@H]2C[C@H](O)[C@@]3(C)CCC4c5ccc(OC6CCCCO6)cc5CCC4C23)s1. The first kappa shape index (κ1) is 25.3. The fraction of sp³-hybridized carbons (Fsp3) is 0.667. The van der Waals surface area contributed by atoms with Crippen LogP contribution in [-0.4, -0.2) is 35.0 Å². The van der Waals surface area contributed by atoms with Crippen LogP contribution in [0.4, 0.5) is 5.13 Å². The minimum Gasteiger partial charge on any atom is -0.465 e. The van der Waals surface area contributed by atoms with E-state index >= 15 is 0 Å². The number of rotatable bonds is 6. The topological polar surface area (TPSA) is 80.7 Å². The number of ether oxygens (including phenoxy) is 2. The second-order valence-corrected chi connectivity index (χ2v) is 13.3. The van der Waals surface area contributed by atoms with Crippen molar-refractivity contribution in [3.8, 4) is 5.75 Å². The molecule has 1 aliphatic heterocycles. The lowest BCUT2D eigenvalue weighted by molar-refractivity contribution is -0.116. The van der Waals surface area contributed by atoms with Crippen LogP contribution in [0.3, 0.4) is 0 Å². The summed E-state index contributed by atoms with van der Waals surface area (Å²) in [5, 5.41) is 14.8. The molecule has 4 aliphatic rings. The van der Waals surface area contributed by atoms with E-state index < -0.39 is 0 Å². The van der Waals surface area contributed by atoms with Crippen molar-refractivity contribution in [3.05, 3.63) is 40.4 Å². The molecule has 1 amide bonds. The Bertz CT molecular complexity index is 1130. The number of fused-ring (bicyclic) bond motifs is 5. The predicted molar refractivity (Wildman–Crippen MR) is 145 cm³/mol. The standard InChI is InChI=1S/C30H40N2O4S/c1-18-17-31-29(37-18)32-26(34)11-7-20-16-25(33)30(2)13-12-23-22-10-8-21(36-27-5-3-4-14-35-27)15-19(22)6-9-24(23)28(20)30/h8,10,15,17,20,23-25,27-28,33H,3-7,9,11-14,16H2,1-2H3,(H,31,32,34)/t20-,23?,24?,25+,27?,28?,30-/m1/s1. The molecule has 1 aromatic heterocycles. The fourth-order valence-electron chi connectivity index (χ4n) is 8.05. The van der Waals surface area contributed by atoms with Gasteiger partial charge in [-0.3, -0.25) is 4.79 Å². The van der Waals surface area contributed by atoms with Crippen molar-refractivity contribution in [3.63, 3.8) is 0 Å². The van der Waals surface area contributed by atoms with E-state index in [1.807, 2.05) is 6.92 Å². The fourth-order valence-corrected chi connectivity index (χ4v) is 8.73.